The lowest BCUT2D eigenvalue weighted by Gasteiger charge is -2.36. The first-order chi connectivity index (χ1) is 12.8. The highest BCUT2D eigenvalue weighted by molar-refractivity contribution is 5.82. The number of carbonyl (C=O) groups is 2. The number of fused-ring (bicyclic) bond motifs is 2. The first-order valence-electron chi connectivity index (χ1n) is 10.2. The molecule has 2 amide bonds. The Morgan fingerprint density at radius 1 is 1.22 bits per heavy atom. The third-order valence-electron chi connectivity index (χ3n) is 7.79. The summed E-state index contributed by atoms with van der Waals surface area (Å²) in [5.74, 6) is 2.00. The molecular formula is C22H28N2O3. The molecule has 0 radical (unpaired) electrons. The van der Waals surface area contributed by atoms with Crippen LogP contribution in [0.15, 0.2) is 24.3 Å². The van der Waals surface area contributed by atoms with Crippen LogP contribution in [0.25, 0.3) is 0 Å². The molecule has 27 heavy (non-hydrogen) atoms. The molecule has 1 aromatic rings. The van der Waals surface area contributed by atoms with Gasteiger partial charge in [0.15, 0.2) is 0 Å². The van der Waals surface area contributed by atoms with Crippen LogP contribution in [0.5, 0.6) is 0 Å². The third-order valence-corrected chi connectivity index (χ3v) is 7.79. The van der Waals surface area contributed by atoms with E-state index < -0.39 is 6.09 Å². The maximum absolute atomic E-state index is 13.0. The van der Waals surface area contributed by atoms with Gasteiger partial charge in [-0.1, -0.05) is 38.1 Å². The fraction of sp³-hybridized carbons (Fsp3) is 0.636. The minimum atomic E-state index is -0.713. The lowest BCUT2D eigenvalue weighted by atomic mass is 9.74. The van der Waals surface area contributed by atoms with Crippen LogP contribution in [-0.4, -0.2) is 36.6 Å². The number of nitrogens with zero attached hydrogens (tertiary/aromatic N) is 1. The summed E-state index contributed by atoms with van der Waals surface area (Å²) in [4.78, 5) is 25.9. The van der Waals surface area contributed by atoms with Gasteiger partial charge < -0.3 is 15.4 Å². The van der Waals surface area contributed by atoms with Gasteiger partial charge in [0.2, 0.25) is 5.91 Å². The van der Waals surface area contributed by atoms with Crippen molar-refractivity contribution in [3.63, 3.8) is 0 Å². The molecule has 1 aromatic carbocycles. The normalized spacial score (nSPS) is 38.0. The number of amides is 2. The predicted molar refractivity (Wildman–Crippen MR) is 101 cm³/mol. The topological polar surface area (TPSA) is 72.6 Å². The minimum absolute atomic E-state index is 0.0579. The second-order valence-corrected chi connectivity index (χ2v) is 9.64. The Bertz CT molecular complexity index is 804. The van der Waals surface area contributed by atoms with Crippen molar-refractivity contribution >= 4 is 12.0 Å². The van der Waals surface area contributed by atoms with Crippen LogP contribution < -0.4 is 5.73 Å². The molecule has 4 aliphatic rings. The van der Waals surface area contributed by atoms with Crippen molar-refractivity contribution in [2.45, 2.75) is 44.4 Å². The standard InChI is InChI=1S/C22H28N2O3/c1-13(2)14-3-5-15(6-4-14)22-7-16(22)10-24(11-22)19(25)17-8-21(9-18(17)21)12-27-20(23)26/h3-6,13,16-18H,7-12H2,1-2H3,(H2,23,26)/t16-,17+,18?,21+,22+/m0/s1. The van der Waals surface area contributed by atoms with E-state index >= 15 is 0 Å². The zero-order valence-corrected chi connectivity index (χ0v) is 16.1. The van der Waals surface area contributed by atoms with Gasteiger partial charge in [-0.25, -0.2) is 4.79 Å². The Morgan fingerprint density at radius 2 is 1.96 bits per heavy atom. The summed E-state index contributed by atoms with van der Waals surface area (Å²) >= 11 is 0. The van der Waals surface area contributed by atoms with Gasteiger partial charge >= 0.3 is 6.09 Å². The number of benzene rings is 1. The van der Waals surface area contributed by atoms with E-state index in [4.69, 9.17) is 10.5 Å². The van der Waals surface area contributed by atoms with E-state index in [9.17, 15) is 9.59 Å². The number of rotatable bonds is 5. The number of primary amides is 1. The van der Waals surface area contributed by atoms with Crippen molar-refractivity contribution in [2.24, 2.45) is 28.9 Å². The SMILES string of the molecule is CC(C)c1ccc([C@]23C[C@H]2CN(C(=O)[C@@H]2C[C@]4(COC(N)=O)CC24)C3)cc1. The fourth-order valence-electron chi connectivity index (χ4n) is 5.83. The molecule has 0 bridgehead atoms. The maximum Gasteiger partial charge on any atom is 0.404 e. The molecule has 0 aromatic heterocycles. The van der Waals surface area contributed by atoms with Gasteiger partial charge in [-0.15, -0.1) is 0 Å². The van der Waals surface area contributed by atoms with E-state index in [0.29, 0.717) is 30.3 Å². The molecule has 5 heteroatoms. The van der Waals surface area contributed by atoms with Gasteiger partial charge in [0.05, 0.1) is 6.61 Å². The van der Waals surface area contributed by atoms with Crippen molar-refractivity contribution in [3.8, 4) is 0 Å². The van der Waals surface area contributed by atoms with Gasteiger partial charge in [0, 0.05) is 29.8 Å². The molecule has 144 valence electrons. The minimum Gasteiger partial charge on any atom is -0.449 e. The Morgan fingerprint density at radius 3 is 2.59 bits per heavy atom. The van der Waals surface area contributed by atoms with Crippen LogP contribution in [0, 0.1) is 23.2 Å². The van der Waals surface area contributed by atoms with Crippen LogP contribution in [-0.2, 0) is 14.9 Å². The lowest BCUT2D eigenvalue weighted by Crippen LogP contribution is -2.44. The molecule has 1 heterocycles. The van der Waals surface area contributed by atoms with Crippen molar-refractivity contribution in [1.82, 2.24) is 4.90 Å². The van der Waals surface area contributed by atoms with Gasteiger partial charge in [-0.3, -0.25) is 4.79 Å². The van der Waals surface area contributed by atoms with E-state index in [1.54, 1.807) is 0 Å². The molecule has 0 spiro atoms. The molecule has 3 aliphatic carbocycles. The van der Waals surface area contributed by atoms with Crippen molar-refractivity contribution in [2.75, 3.05) is 19.7 Å². The first-order valence-corrected chi connectivity index (χ1v) is 10.2. The number of carbonyl (C=O) groups excluding carboxylic acids is 2. The maximum atomic E-state index is 13.0. The van der Waals surface area contributed by atoms with Gasteiger partial charge in [-0.05, 0) is 48.1 Å². The summed E-state index contributed by atoms with van der Waals surface area (Å²) < 4.78 is 4.98. The summed E-state index contributed by atoms with van der Waals surface area (Å²) in [6.45, 7) is 6.58. The largest absolute Gasteiger partial charge is 0.449 e. The number of ether oxygens (including phenoxy) is 1. The summed E-state index contributed by atoms with van der Waals surface area (Å²) in [7, 11) is 0. The molecule has 5 rings (SSSR count). The molecule has 5 atom stereocenters. The zero-order valence-electron chi connectivity index (χ0n) is 16.1. The van der Waals surface area contributed by atoms with Crippen LogP contribution in [0.2, 0.25) is 0 Å². The van der Waals surface area contributed by atoms with E-state index in [-0.39, 0.29) is 16.7 Å². The highest BCUT2D eigenvalue weighted by Gasteiger charge is 2.71. The first kappa shape index (κ1) is 17.1. The van der Waals surface area contributed by atoms with Gasteiger partial charge in [-0.2, -0.15) is 0 Å². The van der Waals surface area contributed by atoms with E-state index in [1.165, 1.54) is 17.5 Å². The van der Waals surface area contributed by atoms with Gasteiger partial charge in [0.25, 0.3) is 0 Å². The number of piperidine rings is 1. The molecular weight excluding hydrogens is 340 g/mol. The molecule has 1 aliphatic heterocycles. The highest BCUT2D eigenvalue weighted by Crippen LogP contribution is 2.71. The summed E-state index contributed by atoms with van der Waals surface area (Å²) in [6, 6.07) is 9.05. The van der Waals surface area contributed by atoms with E-state index in [1.807, 2.05) is 0 Å². The second kappa shape index (κ2) is 5.49. The molecule has 2 N–H and O–H groups in total. The quantitative estimate of drug-likeness (QED) is 0.868. The third kappa shape index (κ3) is 2.50. The van der Waals surface area contributed by atoms with Gasteiger partial charge in [0.1, 0.15) is 0 Å². The number of likely N-dealkylation sites (tertiary alicyclic amines) is 1. The number of hydrogen-bond donors (Lipinski definition) is 1. The molecule has 1 saturated heterocycles. The Kier molecular flexibility index (Phi) is 3.47. The Balaban J connectivity index is 1.21. The van der Waals surface area contributed by atoms with E-state index in [2.05, 4.69) is 43.0 Å². The van der Waals surface area contributed by atoms with Crippen LogP contribution in [0.4, 0.5) is 4.79 Å². The average Bonchev–Trinajstić information content (AvgIpc) is 3.43. The lowest BCUT2D eigenvalue weighted by molar-refractivity contribution is -0.140. The molecule has 3 saturated carbocycles. The molecule has 5 nitrogen and oxygen atoms in total. The smallest absolute Gasteiger partial charge is 0.404 e. The predicted octanol–water partition coefficient (Wildman–Crippen LogP) is 3.03. The average molecular weight is 368 g/mol. The van der Waals surface area contributed by atoms with Crippen molar-refractivity contribution in [3.05, 3.63) is 35.4 Å². The zero-order chi connectivity index (χ0) is 19.0. The fourth-order valence-corrected chi connectivity index (χ4v) is 5.83. The van der Waals surface area contributed by atoms with Crippen LogP contribution >= 0.6 is 0 Å². The highest BCUT2D eigenvalue weighted by atomic mass is 16.5. The summed E-state index contributed by atoms with van der Waals surface area (Å²) in [6.07, 6.45) is 2.34. The monoisotopic (exact) mass is 368 g/mol. The number of hydrogen-bond acceptors (Lipinski definition) is 3. The van der Waals surface area contributed by atoms with Crippen molar-refractivity contribution in [1.29, 1.82) is 0 Å². The van der Waals surface area contributed by atoms with Crippen LogP contribution in [0.3, 0.4) is 0 Å². The second-order valence-electron chi connectivity index (χ2n) is 9.64. The molecule has 1 unspecified atom stereocenters. The Hall–Kier alpha value is -2.04. The van der Waals surface area contributed by atoms with E-state index in [0.717, 1.165) is 25.9 Å². The van der Waals surface area contributed by atoms with Crippen LogP contribution in [0.1, 0.15) is 50.2 Å². The molecule has 4 fully saturated rings. The van der Waals surface area contributed by atoms with Crippen molar-refractivity contribution < 1.29 is 14.3 Å². The summed E-state index contributed by atoms with van der Waals surface area (Å²) in [5.41, 5.74) is 8.10. The summed E-state index contributed by atoms with van der Waals surface area (Å²) in [5, 5.41) is 0. The Labute approximate surface area is 160 Å². The number of nitrogens with two attached hydrogens (primary N) is 1.